The van der Waals surface area contributed by atoms with Crippen molar-refractivity contribution in [2.75, 3.05) is 0 Å². The normalized spacial score (nSPS) is 19.5. The van der Waals surface area contributed by atoms with Crippen LogP contribution in [0.5, 0.6) is 0 Å². The molecule has 170 valence electrons. The maximum Gasteiger partial charge on any atom is 0.303 e. The van der Waals surface area contributed by atoms with Gasteiger partial charge in [0.15, 0.2) is 0 Å². The van der Waals surface area contributed by atoms with Gasteiger partial charge < -0.3 is 15.7 Å². The number of carboxylic acids is 1. The molecule has 0 heterocycles. The van der Waals surface area contributed by atoms with Gasteiger partial charge >= 0.3 is 5.97 Å². The molecule has 2 amide bonds. The minimum Gasteiger partial charge on any atom is -0.481 e. The van der Waals surface area contributed by atoms with Crippen LogP contribution in [0.2, 0.25) is 10.0 Å². The molecule has 3 rings (SSSR count). The Morgan fingerprint density at radius 3 is 2.19 bits per heavy atom. The van der Waals surface area contributed by atoms with Crippen molar-refractivity contribution in [3.63, 3.8) is 0 Å². The van der Waals surface area contributed by atoms with Crippen LogP contribution in [0.4, 0.5) is 0 Å². The Morgan fingerprint density at radius 2 is 1.61 bits per heavy atom. The van der Waals surface area contributed by atoms with Gasteiger partial charge in [-0.15, -0.1) is 0 Å². The zero-order valence-electron chi connectivity index (χ0n) is 17.6. The van der Waals surface area contributed by atoms with Gasteiger partial charge in [0.1, 0.15) is 6.04 Å². The highest BCUT2D eigenvalue weighted by molar-refractivity contribution is 6.35. The van der Waals surface area contributed by atoms with Crippen LogP contribution >= 0.6 is 23.2 Å². The van der Waals surface area contributed by atoms with Crippen LogP contribution in [0.1, 0.15) is 81.0 Å². The second kappa shape index (κ2) is 10.7. The SMILES string of the molecule is O=C(O)CC[C@@H](NC(=O)c1cc(Cl)cc(Cl)c1)C(=O)NC1CCC2(CCCCC2)CC1. The fourth-order valence-corrected chi connectivity index (χ4v) is 5.47. The van der Waals surface area contributed by atoms with E-state index in [2.05, 4.69) is 10.6 Å². The van der Waals surface area contributed by atoms with E-state index in [1.165, 1.54) is 50.3 Å². The first-order valence-corrected chi connectivity index (χ1v) is 11.8. The molecule has 0 aromatic heterocycles. The van der Waals surface area contributed by atoms with Gasteiger partial charge in [-0.05, 0) is 68.6 Å². The van der Waals surface area contributed by atoms with Crippen LogP contribution < -0.4 is 10.6 Å². The van der Waals surface area contributed by atoms with Crippen LogP contribution in [-0.2, 0) is 9.59 Å². The summed E-state index contributed by atoms with van der Waals surface area (Å²) in [5.41, 5.74) is 0.671. The van der Waals surface area contributed by atoms with Gasteiger partial charge in [0.2, 0.25) is 5.91 Å². The lowest BCUT2D eigenvalue weighted by molar-refractivity contribution is -0.137. The molecular weight excluding hydrogens is 439 g/mol. The topological polar surface area (TPSA) is 95.5 Å². The summed E-state index contributed by atoms with van der Waals surface area (Å²) in [6.45, 7) is 0. The Balaban J connectivity index is 1.60. The fourth-order valence-electron chi connectivity index (χ4n) is 4.94. The predicted octanol–water partition coefficient (Wildman–Crippen LogP) is 4.97. The molecule has 0 radical (unpaired) electrons. The molecule has 1 spiro atoms. The third-order valence-electron chi connectivity index (χ3n) is 6.70. The van der Waals surface area contributed by atoms with Crippen LogP contribution in [0.15, 0.2) is 18.2 Å². The van der Waals surface area contributed by atoms with E-state index >= 15 is 0 Å². The first-order valence-electron chi connectivity index (χ1n) is 11.1. The average molecular weight is 469 g/mol. The molecule has 8 heteroatoms. The third kappa shape index (κ3) is 6.84. The Labute approximate surface area is 193 Å². The summed E-state index contributed by atoms with van der Waals surface area (Å²) in [4.78, 5) is 36.6. The summed E-state index contributed by atoms with van der Waals surface area (Å²) in [6.07, 6.45) is 10.4. The molecule has 1 aromatic rings. The minimum absolute atomic E-state index is 0.0118. The number of rotatable bonds is 7. The highest BCUT2D eigenvalue weighted by Crippen LogP contribution is 2.47. The van der Waals surface area contributed by atoms with E-state index in [1.54, 1.807) is 0 Å². The van der Waals surface area contributed by atoms with Crippen molar-refractivity contribution in [3.05, 3.63) is 33.8 Å². The summed E-state index contributed by atoms with van der Waals surface area (Å²) in [7, 11) is 0. The van der Waals surface area contributed by atoms with Crippen LogP contribution in [0.3, 0.4) is 0 Å². The van der Waals surface area contributed by atoms with Crippen molar-refractivity contribution >= 4 is 41.0 Å². The summed E-state index contributed by atoms with van der Waals surface area (Å²) in [6, 6.07) is 3.55. The minimum atomic E-state index is -1.02. The molecule has 6 nitrogen and oxygen atoms in total. The van der Waals surface area contributed by atoms with Gasteiger partial charge in [-0.25, -0.2) is 0 Å². The number of nitrogens with one attached hydrogen (secondary N) is 2. The second-order valence-electron chi connectivity index (χ2n) is 8.96. The Morgan fingerprint density at radius 1 is 1.00 bits per heavy atom. The molecule has 2 fully saturated rings. The van der Waals surface area contributed by atoms with Crippen molar-refractivity contribution < 1.29 is 19.5 Å². The van der Waals surface area contributed by atoms with E-state index in [0.717, 1.165) is 25.7 Å². The molecule has 31 heavy (non-hydrogen) atoms. The Hall–Kier alpha value is -1.79. The van der Waals surface area contributed by atoms with Crippen molar-refractivity contribution in [1.82, 2.24) is 10.6 Å². The van der Waals surface area contributed by atoms with E-state index in [9.17, 15) is 14.4 Å². The molecule has 2 saturated carbocycles. The highest BCUT2D eigenvalue weighted by atomic mass is 35.5. The smallest absolute Gasteiger partial charge is 0.303 e. The predicted molar refractivity (Wildman–Crippen MR) is 121 cm³/mol. The lowest BCUT2D eigenvalue weighted by Gasteiger charge is -2.43. The molecule has 0 aliphatic heterocycles. The van der Waals surface area contributed by atoms with E-state index in [0.29, 0.717) is 15.5 Å². The van der Waals surface area contributed by atoms with E-state index in [-0.39, 0.29) is 30.4 Å². The van der Waals surface area contributed by atoms with Gasteiger partial charge in [0, 0.05) is 28.1 Å². The molecular formula is C23H30Cl2N2O4. The third-order valence-corrected chi connectivity index (χ3v) is 7.14. The van der Waals surface area contributed by atoms with Crippen molar-refractivity contribution in [2.24, 2.45) is 5.41 Å². The molecule has 0 saturated heterocycles. The van der Waals surface area contributed by atoms with Crippen molar-refractivity contribution in [1.29, 1.82) is 0 Å². The molecule has 0 bridgehead atoms. The van der Waals surface area contributed by atoms with Crippen molar-refractivity contribution in [3.8, 4) is 0 Å². The van der Waals surface area contributed by atoms with E-state index in [4.69, 9.17) is 28.3 Å². The quantitative estimate of drug-likeness (QED) is 0.526. The summed E-state index contributed by atoms with van der Waals surface area (Å²) in [5.74, 6) is -1.87. The zero-order valence-corrected chi connectivity index (χ0v) is 19.1. The zero-order chi connectivity index (χ0) is 22.4. The highest BCUT2D eigenvalue weighted by Gasteiger charge is 2.37. The van der Waals surface area contributed by atoms with Gasteiger partial charge in [0.05, 0.1) is 0 Å². The monoisotopic (exact) mass is 468 g/mol. The molecule has 2 aliphatic carbocycles. The van der Waals surface area contributed by atoms with E-state index < -0.39 is 17.9 Å². The van der Waals surface area contributed by atoms with Crippen LogP contribution in [-0.4, -0.2) is 35.0 Å². The first kappa shape index (κ1) is 23.9. The molecule has 2 aliphatic rings. The standard InChI is InChI=1S/C23H30Cl2N2O4/c24-16-12-15(13-17(25)14-16)21(30)27-19(4-5-20(28)29)22(31)26-18-6-10-23(11-7-18)8-2-1-3-9-23/h12-14,18-19H,1-11H2,(H,26,31)(H,27,30)(H,28,29)/t19-/m1/s1. The average Bonchev–Trinajstić information content (AvgIpc) is 2.72. The van der Waals surface area contributed by atoms with Crippen LogP contribution in [0.25, 0.3) is 0 Å². The lowest BCUT2D eigenvalue weighted by Crippen LogP contribution is -2.51. The first-order chi connectivity index (χ1) is 14.8. The second-order valence-corrected chi connectivity index (χ2v) is 9.83. The largest absolute Gasteiger partial charge is 0.481 e. The molecule has 0 unspecified atom stereocenters. The Kier molecular flexibility index (Phi) is 8.23. The van der Waals surface area contributed by atoms with E-state index in [1.807, 2.05) is 0 Å². The number of halogens is 2. The number of carbonyl (C=O) groups is 3. The number of hydrogen-bond acceptors (Lipinski definition) is 3. The van der Waals surface area contributed by atoms with Gasteiger partial charge in [0.25, 0.3) is 5.91 Å². The number of carbonyl (C=O) groups excluding carboxylic acids is 2. The summed E-state index contributed by atoms with van der Waals surface area (Å²) < 4.78 is 0. The number of amides is 2. The number of aliphatic carboxylic acids is 1. The van der Waals surface area contributed by atoms with Gasteiger partial charge in [-0.3, -0.25) is 14.4 Å². The summed E-state index contributed by atoms with van der Waals surface area (Å²) in [5, 5.41) is 15.4. The maximum absolute atomic E-state index is 12.9. The number of carboxylic acid groups (broad SMARTS) is 1. The van der Waals surface area contributed by atoms with Crippen molar-refractivity contribution in [2.45, 2.75) is 82.7 Å². The molecule has 1 aromatic carbocycles. The Bertz CT molecular complexity index is 794. The number of hydrogen-bond donors (Lipinski definition) is 3. The lowest BCUT2D eigenvalue weighted by atomic mass is 9.64. The molecule has 3 N–H and O–H groups in total. The van der Waals surface area contributed by atoms with Gasteiger partial charge in [-0.1, -0.05) is 42.5 Å². The fraction of sp³-hybridized carbons (Fsp3) is 0.609. The maximum atomic E-state index is 12.9. The molecule has 1 atom stereocenters. The van der Waals surface area contributed by atoms with Gasteiger partial charge in [-0.2, -0.15) is 0 Å². The number of benzene rings is 1. The van der Waals surface area contributed by atoms with Crippen LogP contribution in [0, 0.1) is 5.41 Å². The summed E-state index contributed by atoms with van der Waals surface area (Å²) >= 11 is 11.9.